The molecular weight excluding hydrogens is 248 g/mol. The fourth-order valence-corrected chi connectivity index (χ4v) is 1.79. The van der Waals surface area contributed by atoms with Crippen molar-refractivity contribution in [1.29, 1.82) is 0 Å². The molecule has 7 nitrogen and oxygen atoms in total. The van der Waals surface area contributed by atoms with Gasteiger partial charge in [0.2, 0.25) is 0 Å². The fourth-order valence-electron chi connectivity index (χ4n) is 1.79. The lowest BCUT2D eigenvalue weighted by molar-refractivity contribution is -0.215. The van der Waals surface area contributed by atoms with Crippen molar-refractivity contribution >= 4 is 5.97 Å². The molecule has 0 aromatic heterocycles. The van der Waals surface area contributed by atoms with Crippen LogP contribution in [0.2, 0.25) is 0 Å². The zero-order chi connectivity index (χ0) is 13.9. The summed E-state index contributed by atoms with van der Waals surface area (Å²) in [7, 11) is 0. The number of hydroxylamine groups is 2. The minimum Gasteiger partial charge on any atom is -0.443 e. The van der Waals surface area contributed by atoms with Crippen LogP contribution in [0.3, 0.4) is 0 Å². The monoisotopic (exact) mass is 274 g/mol. The van der Waals surface area contributed by atoms with E-state index in [0.717, 1.165) is 37.7 Å². The normalized spacial score (nSPS) is 24.2. The molecule has 1 heterocycles. The first-order chi connectivity index (χ1) is 9.24. The van der Waals surface area contributed by atoms with Gasteiger partial charge in [0.25, 0.3) is 0 Å². The van der Waals surface area contributed by atoms with E-state index < -0.39 is 6.23 Å². The van der Waals surface area contributed by atoms with Crippen molar-refractivity contribution in [3.63, 3.8) is 0 Å². The predicted octanol–water partition coefficient (Wildman–Crippen LogP) is -0.871. The quantitative estimate of drug-likeness (QED) is 0.498. The highest BCUT2D eigenvalue weighted by Crippen LogP contribution is 2.01. The molecule has 1 atom stereocenters. The van der Waals surface area contributed by atoms with Gasteiger partial charge in [-0.05, 0) is 6.42 Å². The first-order valence-corrected chi connectivity index (χ1v) is 7.01. The zero-order valence-corrected chi connectivity index (χ0v) is 11.7. The van der Waals surface area contributed by atoms with E-state index in [0.29, 0.717) is 26.1 Å². The Morgan fingerprint density at radius 1 is 1.21 bits per heavy atom. The first-order valence-electron chi connectivity index (χ1n) is 7.01. The summed E-state index contributed by atoms with van der Waals surface area (Å²) in [5.41, 5.74) is 0. The Kier molecular flexibility index (Phi) is 8.68. The predicted molar refractivity (Wildman–Crippen MR) is 71.9 cm³/mol. The highest BCUT2D eigenvalue weighted by Gasteiger charge is 2.20. The van der Waals surface area contributed by atoms with Gasteiger partial charge in [0.1, 0.15) is 0 Å². The number of ether oxygens (including phenoxy) is 1. The molecule has 0 aromatic carbocycles. The van der Waals surface area contributed by atoms with Crippen LogP contribution in [-0.2, 0) is 9.53 Å². The second-order valence-electron chi connectivity index (χ2n) is 4.56. The molecule has 1 saturated heterocycles. The third-order valence-electron chi connectivity index (χ3n) is 2.85. The summed E-state index contributed by atoms with van der Waals surface area (Å²) in [4.78, 5) is 11.5. The van der Waals surface area contributed by atoms with Gasteiger partial charge in [0, 0.05) is 52.2 Å². The molecule has 4 N–H and O–H groups in total. The second-order valence-corrected chi connectivity index (χ2v) is 4.56. The van der Waals surface area contributed by atoms with Crippen LogP contribution in [0.4, 0.5) is 0 Å². The molecule has 1 aliphatic rings. The number of hydrogen-bond acceptors (Lipinski definition) is 7. The minimum atomic E-state index is -0.625. The van der Waals surface area contributed by atoms with Crippen LogP contribution in [0, 0.1) is 0 Å². The van der Waals surface area contributed by atoms with Gasteiger partial charge in [-0.3, -0.25) is 4.79 Å². The van der Waals surface area contributed by atoms with Crippen molar-refractivity contribution in [2.45, 2.75) is 26.0 Å². The van der Waals surface area contributed by atoms with Gasteiger partial charge in [0.05, 0.1) is 0 Å². The number of carbonyl (C=O) groups is 1. The topological polar surface area (TPSA) is 85.9 Å². The van der Waals surface area contributed by atoms with E-state index in [2.05, 4.69) is 16.0 Å². The molecule has 0 saturated carbocycles. The summed E-state index contributed by atoms with van der Waals surface area (Å²) in [6.45, 7) is 6.81. The average molecular weight is 274 g/mol. The molecule has 0 aromatic rings. The molecule has 1 fully saturated rings. The maximum absolute atomic E-state index is 11.5. The molecule has 7 heteroatoms. The summed E-state index contributed by atoms with van der Waals surface area (Å²) in [6.07, 6.45) is 0.500. The summed E-state index contributed by atoms with van der Waals surface area (Å²) >= 11 is 0. The van der Waals surface area contributed by atoms with Crippen LogP contribution in [0.25, 0.3) is 0 Å². The largest absolute Gasteiger partial charge is 0.443 e. The summed E-state index contributed by atoms with van der Waals surface area (Å²) in [5.74, 6) is -0.272. The lowest BCUT2D eigenvalue weighted by Crippen LogP contribution is -2.48. The van der Waals surface area contributed by atoms with E-state index in [1.807, 2.05) is 6.92 Å². The van der Waals surface area contributed by atoms with Crippen LogP contribution in [0.5, 0.6) is 0 Å². The van der Waals surface area contributed by atoms with Crippen LogP contribution in [0.15, 0.2) is 0 Å². The first kappa shape index (κ1) is 16.3. The van der Waals surface area contributed by atoms with Gasteiger partial charge < -0.3 is 25.9 Å². The Balaban J connectivity index is 2.43. The molecule has 0 bridgehead atoms. The van der Waals surface area contributed by atoms with Gasteiger partial charge in [0.15, 0.2) is 6.23 Å². The van der Waals surface area contributed by atoms with Gasteiger partial charge in [-0.15, -0.1) is 0 Å². The highest BCUT2D eigenvalue weighted by molar-refractivity contribution is 5.69. The molecule has 19 heavy (non-hydrogen) atoms. The van der Waals surface area contributed by atoms with Crippen molar-refractivity contribution in [1.82, 2.24) is 21.0 Å². The molecule has 1 unspecified atom stereocenters. The van der Waals surface area contributed by atoms with Crippen molar-refractivity contribution in [2.24, 2.45) is 0 Å². The van der Waals surface area contributed by atoms with Crippen LogP contribution >= 0.6 is 0 Å². The number of hydrogen-bond donors (Lipinski definition) is 4. The maximum atomic E-state index is 11.5. The van der Waals surface area contributed by atoms with E-state index in [-0.39, 0.29) is 5.97 Å². The Labute approximate surface area is 114 Å². The SMILES string of the molecule is CCCC(=O)OC1CNCCNCCNCCN1O. The average Bonchev–Trinajstić information content (AvgIpc) is 2.37. The Morgan fingerprint density at radius 3 is 2.53 bits per heavy atom. The third kappa shape index (κ3) is 7.44. The fraction of sp³-hybridized carbons (Fsp3) is 0.917. The van der Waals surface area contributed by atoms with E-state index >= 15 is 0 Å². The molecular formula is C12H26N4O3. The van der Waals surface area contributed by atoms with E-state index in [1.165, 1.54) is 0 Å². The van der Waals surface area contributed by atoms with Crippen LogP contribution in [0.1, 0.15) is 19.8 Å². The van der Waals surface area contributed by atoms with Gasteiger partial charge in [-0.25, -0.2) is 0 Å². The summed E-state index contributed by atoms with van der Waals surface area (Å²) < 4.78 is 5.27. The number of nitrogens with zero attached hydrogens (tertiary/aromatic N) is 1. The van der Waals surface area contributed by atoms with Gasteiger partial charge in [-0.1, -0.05) is 6.92 Å². The Hall–Kier alpha value is -0.730. The van der Waals surface area contributed by atoms with Gasteiger partial charge in [-0.2, -0.15) is 5.06 Å². The van der Waals surface area contributed by atoms with Crippen molar-refractivity contribution in [3.05, 3.63) is 0 Å². The Bertz CT molecular complexity index is 253. The van der Waals surface area contributed by atoms with E-state index in [1.54, 1.807) is 0 Å². The molecule has 112 valence electrons. The molecule has 1 rings (SSSR count). The zero-order valence-electron chi connectivity index (χ0n) is 11.7. The Morgan fingerprint density at radius 2 is 1.84 bits per heavy atom. The highest BCUT2D eigenvalue weighted by atomic mass is 16.6. The van der Waals surface area contributed by atoms with Crippen molar-refractivity contribution in [2.75, 3.05) is 45.8 Å². The van der Waals surface area contributed by atoms with E-state index in [4.69, 9.17) is 4.74 Å². The lowest BCUT2D eigenvalue weighted by atomic mass is 10.3. The maximum Gasteiger partial charge on any atom is 0.307 e. The van der Waals surface area contributed by atoms with E-state index in [9.17, 15) is 10.0 Å². The van der Waals surface area contributed by atoms with Crippen LogP contribution in [-0.4, -0.2) is 68.3 Å². The molecule has 0 radical (unpaired) electrons. The van der Waals surface area contributed by atoms with Gasteiger partial charge >= 0.3 is 5.97 Å². The summed E-state index contributed by atoms with van der Waals surface area (Å²) in [6, 6.07) is 0. The number of carbonyl (C=O) groups excluding carboxylic acids is 1. The number of rotatable bonds is 3. The van der Waals surface area contributed by atoms with Crippen molar-refractivity contribution < 1.29 is 14.7 Å². The molecule has 1 aliphatic heterocycles. The minimum absolute atomic E-state index is 0.272. The lowest BCUT2D eigenvalue weighted by Gasteiger charge is -2.27. The summed E-state index contributed by atoms with van der Waals surface area (Å²) in [5, 5.41) is 20.7. The smallest absolute Gasteiger partial charge is 0.307 e. The third-order valence-corrected chi connectivity index (χ3v) is 2.85. The van der Waals surface area contributed by atoms with Crippen molar-refractivity contribution in [3.8, 4) is 0 Å². The number of esters is 1. The standard InChI is InChI=1S/C12H26N4O3/c1-2-3-12(17)19-11-10-15-7-6-13-4-5-14-8-9-16(11)18/h11,13-15,18H,2-10H2,1H3. The second kappa shape index (κ2) is 10.1. The molecule has 0 spiro atoms. The number of nitrogens with one attached hydrogen (secondary N) is 3. The molecule has 0 aliphatic carbocycles. The molecule has 0 amide bonds. The van der Waals surface area contributed by atoms with Crippen LogP contribution < -0.4 is 16.0 Å².